The molecule has 0 spiro atoms. The van der Waals surface area contributed by atoms with E-state index >= 15 is 0 Å². The molecule has 0 aliphatic rings. The van der Waals surface area contributed by atoms with Crippen LogP contribution < -0.4 is 0 Å². The second-order valence-corrected chi connectivity index (χ2v) is 5.17. The lowest BCUT2D eigenvalue weighted by molar-refractivity contribution is 0.0689. The van der Waals surface area contributed by atoms with Crippen molar-refractivity contribution in [2.24, 2.45) is 5.92 Å². The van der Waals surface area contributed by atoms with Crippen LogP contribution in [0, 0.1) is 5.92 Å². The van der Waals surface area contributed by atoms with Crippen LogP contribution in [-0.2, 0) is 19.5 Å². The van der Waals surface area contributed by atoms with Crippen LogP contribution in [0.4, 0.5) is 0 Å². The molecular formula is C13H19N5O2. The molecule has 0 unspecified atom stereocenters. The average Bonchev–Trinajstić information content (AvgIpc) is 2.99. The number of aryl methyl sites for hydroxylation is 2. The van der Waals surface area contributed by atoms with Gasteiger partial charge < -0.3 is 9.67 Å². The van der Waals surface area contributed by atoms with Crippen LogP contribution >= 0.6 is 0 Å². The van der Waals surface area contributed by atoms with Gasteiger partial charge in [0.15, 0.2) is 5.69 Å². The highest BCUT2D eigenvalue weighted by molar-refractivity contribution is 5.86. The van der Waals surface area contributed by atoms with Gasteiger partial charge >= 0.3 is 5.97 Å². The topological polar surface area (TPSA) is 85.8 Å². The van der Waals surface area contributed by atoms with Crippen LogP contribution in [0.2, 0.25) is 0 Å². The molecule has 0 atom stereocenters. The molecule has 0 bridgehead atoms. The fourth-order valence-corrected chi connectivity index (χ4v) is 2.09. The molecule has 1 N–H and O–H groups in total. The number of carboxylic acid groups (broad SMARTS) is 1. The highest BCUT2D eigenvalue weighted by Gasteiger charge is 2.19. The monoisotopic (exact) mass is 277 g/mol. The molecule has 0 radical (unpaired) electrons. The number of hydrogen-bond donors (Lipinski definition) is 1. The molecule has 0 fully saturated rings. The Labute approximate surface area is 117 Å². The second kappa shape index (κ2) is 6.31. The lowest BCUT2D eigenvalue weighted by Crippen LogP contribution is -2.12. The van der Waals surface area contributed by atoms with Gasteiger partial charge in [-0.25, -0.2) is 14.5 Å². The van der Waals surface area contributed by atoms with Crippen molar-refractivity contribution in [1.29, 1.82) is 0 Å². The Morgan fingerprint density at radius 3 is 2.80 bits per heavy atom. The van der Waals surface area contributed by atoms with Gasteiger partial charge in [-0.2, -0.15) is 0 Å². The van der Waals surface area contributed by atoms with Gasteiger partial charge in [0.2, 0.25) is 0 Å². The molecular weight excluding hydrogens is 258 g/mol. The van der Waals surface area contributed by atoms with Crippen LogP contribution in [0.1, 0.15) is 36.5 Å². The number of aromatic nitrogens is 5. The minimum Gasteiger partial charge on any atom is -0.476 e. The van der Waals surface area contributed by atoms with Crippen molar-refractivity contribution < 1.29 is 9.90 Å². The first kappa shape index (κ1) is 14.2. The van der Waals surface area contributed by atoms with E-state index in [0.717, 1.165) is 13.0 Å². The SMILES string of the molecule is CC(C)Cc1c(C(=O)O)nnn1CCCn1ccnc1. The van der Waals surface area contributed by atoms with Crippen molar-refractivity contribution in [1.82, 2.24) is 24.5 Å². The molecule has 2 rings (SSSR count). The summed E-state index contributed by atoms with van der Waals surface area (Å²) in [4.78, 5) is 15.1. The number of carboxylic acids is 1. The number of nitrogens with zero attached hydrogens (tertiary/aromatic N) is 5. The summed E-state index contributed by atoms with van der Waals surface area (Å²) in [6.45, 7) is 5.58. The van der Waals surface area contributed by atoms with Crippen LogP contribution in [0.5, 0.6) is 0 Å². The predicted octanol–water partition coefficient (Wildman–Crippen LogP) is 1.46. The number of aromatic carboxylic acids is 1. The van der Waals surface area contributed by atoms with Gasteiger partial charge in [-0.3, -0.25) is 0 Å². The lowest BCUT2D eigenvalue weighted by atomic mass is 10.1. The van der Waals surface area contributed by atoms with Crippen molar-refractivity contribution in [2.45, 2.75) is 39.8 Å². The first-order chi connectivity index (χ1) is 9.58. The summed E-state index contributed by atoms with van der Waals surface area (Å²) in [5.41, 5.74) is 0.777. The Morgan fingerprint density at radius 2 is 2.20 bits per heavy atom. The Balaban J connectivity index is 2.04. The van der Waals surface area contributed by atoms with Crippen LogP contribution in [0.15, 0.2) is 18.7 Å². The lowest BCUT2D eigenvalue weighted by Gasteiger charge is -2.09. The average molecular weight is 277 g/mol. The van der Waals surface area contributed by atoms with Gasteiger partial charge in [-0.1, -0.05) is 19.1 Å². The summed E-state index contributed by atoms with van der Waals surface area (Å²) in [5.74, 6) is -0.652. The Hall–Kier alpha value is -2.18. The van der Waals surface area contributed by atoms with Gasteiger partial charge in [0.25, 0.3) is 0 Å². The van der Waals surface area contributed by atoms with Gasteiger partial charge in [-0.15, -0.1) is 5.10 Å². The highest BCUT2D eigenvalue weighted by atomic mass is 16.4. The van der Waals surface area contributed by atoms with E-state index in [2.05, 4.69) is 29.1 Å². The summed E-state index contributed by atoms with van der Waals surface area (Å²) >= 11 is 0. The van der Waals surface area contributed by atoms with E-state index in [-0.39, 0.29) is 5.69 Å². The molecule has 0 aliphatic heterocycles. The minimum atomic E-state index is -1.01. The maximum atomic E-state index is 11.1. The van der Waals surface area contributed by atoms with E-state index in [1.165, 1.54) is 0 Å². The maximum absolute atomic E-state index is 11.1. The molecule has 2 aromatic heterocycles. The zero-order chi connectivity index (χ0) is 14.5. The molecule has 0 saturated heterocycles. The Kier molecular flexibility index (Phi) is 4.49. The molecule has 20 heavy (non-hydrogen) atoms. The number of carbonyl (C=O) groups is 1. The smallest absolute Gasteiger partial charge is 0.358 e. The largest absolute Gasteiger partial charge is 0.476 e. The van der Waals surface area contributed by atoms with Gasteiger partial charge in [0.1, 0.15) is 0 Å². The molecule has 0 saturated carbocycles. The summed E-state index contributed by atoms with van der Waals surface area (Å²) in [5, 5.41) is 16.9. The molecule has 7 heteroatoms. The third-order valence-corrected chi connectivity index (χ3v) is 2.99. The highest BCUT2D eigenvalue weighted by Crippen LogP contribution is 2.12. The number of rotatable bonds is 7. The summed E-state index contributed by atoms with van der Waals surface area (Å²) in [6.07, 6.45) is 6.92. The fraction of sp³-hybridized carbons (Fsp3) is 0.538. The Morgan fingerprint density at radius 1 is 1.40 bits per heavy atom. The minimum absolute atomic E-state index is 0.0707. The van der Waals surface area contributed by atoms with Crippen molar-refractivity contribution >= 4 is 5.97 Å². The summed E-state index contributed by atoms with van der Waals surface area (Å²) in [6, 6.07) is 0. The zero-order valence-corrected chi connectivity index (χ0v) is 11.7. The quantitative estimate of drug-likeness (QED) is 0.828. The zero-order valence-electron chi connectivity index (χ0n) is 11.7. The van der Waals surface area contributed by atoms with E-state index in [1.54, 1.807) is 17.2 Å². The molecule has 0 aromatic carbocycles. The summed E-state index contributed by atoms with van der Waals surface area (Å²) in [7, 11) is 0. The van der Waals surface area contributed by atoms with E-state index < -0.39 is 5.97 Å². The third kappa shape index (κ3) is 3.43. The number of hydrogen-bond acceptors (Lipinski definition) is 4. The van der Waals surface area contributed by atoms with E-state index in [0.29, 0.717) is 24.6 Å². The standard InChI is InChI=1S/C13H19N5O2/c1-10(2)8-11-12(13(19)20)15-16-18(11)6-3-5-17-7-4-14-9-17/h4,7,9-10H,3,5-6,8H2,1-2H3,(H,19,20). The van der Waals surface area contributed by atoms with E-state index in [4.69, 9.17) is 5.11 Å². The molecule has 7 nitrogen and oxygen atoms in total. The summed E-state index contributed by atoms with van der Waals surface area (Å²) < 4.78 is 3.69. The fourth-order valence-electron chi connectivity index (χ4n) is 2.09. The van der Waals surface area contributed by atoms with Crippen molar-refractivity contribution in [3.8, 4) is 0 Å². The van der Waals surface area contributed by atoms with Crippen molar-refractivity contribution in [2.75, 3.05) is 0 Å². The van der Waals surface area contributed by atoms with Crippen LogP contribution in [-0.4, -0.2) is 35.6 Å². The Bertz CT molecular complexity index is 559. The van der Waals surface area contributed by atoms with Gasteiger partial charge in [0.05, 0.1) is 12.0 Å². The van der Waals surface area contributed by atoms with E-state index in [1.807, 2.05) is 10.8 Å². The van der Waals surface area contributed by atoms with Crippen molar-refractivity contribution in [3.05, 3.63) is 30.1 Å². The normalized spacial score (nSPS) is 11.2. The number of imidazole rings is 1. The molecule has 0 amide bonds. The van der Waals surface area contributed by atoms with Gasteiger partial charge in [0, 0.05) is 25.5 Å². The van der Waals surface area contributed by atoms with Crippen LogP contribution in [0.3, 0.4) is 0 Å². The predicted molar refractivity (Wildman–Crippen MR) is 72.4 cm³/mol. The second-order valence-electron chi connectivity index (χ2n) is 5.17. The van der Waals surface area contributed by atoms with Gasteiger partial charge in [-0.05, 0) is 18.8 Å². The maximum Gasteiger partial charge on any atom is 0.358 e. The first-order valence-corrected chi connectivity index (χ1v) is 6.69. The van der Waals surface area contributed by atoms with Crippen LogP contribution in [0.25, 0.3) is 0 Å². The third-order valence-electron chi connectivity index (χ3n) is 2.99. The first-order valence-electron chi connectivity index (χ1n) is 6.69. The molecule has 108 valence electrons. The van der Waals surface area contributed by atoms with E-state index in [9.17, 15) is 4.79 Å². The van der Waals surface area contributed by atoms with Crippen molar-refractivity contribution in [3.63, 3.8) is 0 Å². The molecule has 2 aromatic rings. The molecule has 0 aliphatic carbocycles. The molecule has 2 heterocycles.